The Hall–Kier alpha value is -1.77. The molecule has 1 amide bonds. The van der Waals surface area contributed by atoms with Crippen LogP contribution in [0.15, 0.2) is 28.7 Å². The SMILES string of the molecule is COC(=O)C(COc1ccc(Br)cc1)NC(=O)C(F)(F)F. The normalized spacial score (nSPS) is 12.4. The molecule has 0 saturated carbocycles. The quantitative estimate of drug-likeness (QED) is 0.806. The molecule has 0 saturated heterocycles. The Morgan fingerprint density at radius 1 is 1.29 bits per heavy atom. The first kappa shape index (κ1) is 17.3. The Morgan fingerprint density at radius 2 is 1.86 bits per heavy atom. The van der Waals surface area contributed by atoms with Crippen LogP contribution in [0.4, 0.5) is 13.2 Å². The van der Waals surface area contributed by atoms with Gasteiger partial charge in [0.1, 0.15) is 12.4 Å². The minimum atomic E-state index is -5.09. The summed E-state index contributed by atoms with van der Waals surface area (Å²) in [6, 6.07) is 4.83. The van der Waals surface area contributed by atoms with Crippen molar-refractivity contribution in [2.45, 2.75) is 12.2 Å². The fourth-order valence-corrected chi connectivity index (χ4v) is 1.53. The molecule has 1 aromatic rings. The zero-order valence-corrected chi connectivity index (χ0v) is 12.3. The largest absolute Gasteiger partial charge is 0.491 e. The number of methoxy groups -OCH3 is 1. The van der Waals surface area contributed by atoms with Crippen molar-refractivity contribution in [2.24, 2.45) is 0 Å². The zero-order valence-electron chi connectivity index (χ0n) is 10.7. The summed E-state index contributed by atoms with van der Waals surface area (Å²) in [5, 5.41) is 1.52. The molecule has 9 heteroatoms. The van der Waals surface area contributed by atoms with Crippen LogP contribution in [0.25, 0.3) is 0 Å². The van der Waals surface area contributed by atoms with Gasteiger partial charge in [-0.2, -0.15) is 13.2 Å². The van der Waals surface area contributed by atoms with E-state index in [1.165, 1.54) is 5.32 Å². The Bertz CT molecular complexity index is 504. The van der Waals surface area contributed by atoms with E-state index in [4.69, 9.17) is 4.74 Å². The lowest BCUT2D eigenvalue weighted by molar-refractivity contribution is -0.176. The molecule has 1 rings (SSSR count). The zero-order chi connectivity index (χ0) is 16.0. The van der Waals surface area contributed by atoms with Gasteiger partial charge in [-0.05, 0) is 24.3 Å². The summed E-state index contributed by atoms with van der Waals surface area (Å²) in [5.41, 5.74) is 0. The molecule has 0 aliphatic rings. The smallest absolute Gasteiger partial charge is 0.471 e. The molecule has 0 aliphatic carbocycles. The van der Waals surface area contributed by atoms with Gasteiger partial charge in [-0.15, -0.1) is 0 Å². The molecule has 0 aromatic heterocycles. The van der Waals surface area contributed by atoms with Gasteiger partial charge in [-0.3, -0.25) is 4.79 Å². The van der Waals surface area contributed by atoms with Gasteiger partial charge >= 0.3 is 18.1 Å². The number of ether oxygens (including phenoxy) is 2. The van der Waals surface area contributed by atoms with E-state index >= 15 is 0 Å². The predicted molar refractivity (Wildman–Crippen MR) is 69.6 cm³/mol. The second-order valence-corrected chi connectivity index (χ2v) is 4.73. The van der Waals surface area contributed by atoms with Crippen molar-refractivity contribution >= 4 is 27.8 Å². The number of hydrogen-bond acceptors (Lipinski definition) is 4. The van der Waals surface area contributed by atoms with Crippen molar-refractivity contribution in [3.8, 4) is 5.75 Å². The third-order valence-corrected chi connectivity index (χ3v) is 2.81. The molecule has 1 N–H and O–H groups in total. The Kier molecular flexibility index (Phi) is 6.01. The van der Waals surface area contributed by atoms with Crippen LogP contribution in [-0.4, -0.2) is 37.8 Å². The van der Waals surface area contributed by atoms with E-state index in [9.17, 15) is 22.8 Å². The third kappa shape index (κ3) is 5.62. The van der Waals surface area contributed by atoms with Gasteiger partial charge in [0.05, 0.1) is 7.11 Å². The Morgan fingerprint density at radius 3 is 2.33 bits per heavy atom. The van der Waals surface area contributed by atoms with Crippen molar-refractivity contribution in [1.29, 1.82) is 0 Å². The molecule has 0 aliphatic heterocycles. The Balaban J connectivity index is 2.68. The van der Waals surface area contributed by atoms with E-state index in [0.29, 0.717) is 5.75 Å². The molecular formula is C12H11BrF3NO4. The van der Waals surface area contributed by atoms with Gasteiger partial charge in [0.2, 0.25) is 0 Å². The highest BCUT2D eigenvalue weighted by atomic mass is 79.9. The number of carbonyl (C=O) groups excluding carboxylic acids is 2. The number of benzene rings is 1. The highest BCUT2D eigenvalue weighted by molar-refractivity contribution is 9.10. The first-order valence-electron chi connectivity index (χ1n) is 5.58. The molecule has 1 aromatic carbocycles. The molecule has 116 valence electrons. The summed E-state index contributed by atoms with van der Waals surface area (Å²) < 4.78 is 46.8. The van der Waals surface area contributed by atoms with E-state index in [1.54, 1.807) is 24.3 Å². The minimum absolute atomic E-state index is 0.327. The second kappa shape index (κ2) is 7.30. The van der Waals surface area contributed by atoms with Crippen molar-refractivity contribution in [2.75, 3.05) is 13.7 Å². The monoisotopic (exact) mass is 369 g/mol. The van der Waals surface area contributed by atoms with Gasteiger partial charge in [0.25, 0.3) is 0 Å². The summed E-state index contributed by atoms with van der Waals surface area (Å²) in [7, 11) is 0.995. The average Bonchev–Trinajstić information content (AvgIpc) is 2.43. The van der Waals surface area contributed by atoms with Crippen LogP contribution in [0.3, 0.4) is 0 Å². The van der Waals surface area contributed by atoms with Crippen molar-refractivity contribution in [3.05, 3.63) is 28.7 Å². The van der Waals surface area contributed by atoms with Crippen molar-refractivity contribution < 1.29 is 32.2 Å². The van der Waals surface area contributed by atoms with Gasteiger partial charge in [0, 0.05) is 4.47 Å². The van der Waals surface area contributed by atoms with Crippen LogP contribution in [0.1, 0.15) is 0 Å². The molecule has 5 nitrogen and oxygen atoms in total. The summed E-state index contributed by atoms with van der Waals surface area (Å²) in [5.74, 6) is -2.95. The van der Waals surface area contributed by atoms with Gasteiger partial charge in [-0.1, -0.05) is 15.9 Å². The summed E-state index contributed by atoms with van der Waals surface area (Å²) in [6.45, 7) is -0.490. The number of esters is 1. The van der Waals surface area contributed by atoms with Gasteiger partial charge in [0.15, 0.2) is 6.04 Å². The highest BCUT2D eigenvalue weighted by Crippen LogP contribution is 2.17. The summed E-state index contributed by atoms with van der Waals surface area (Å²) in [6.07, 6.45) is -5.09. The number of alkyl halides is 3. The third-order valence-electron chi connectivity index (χ3n) is 2.28. The van der Waals surface area contributed by atoms with E-state index in [0.717, 1.165) is 11.6 Å². The standard InChI is InChI=1S/C12H11BrF3NO4/c1-20-10(18)9(17-11(19)12(14,15)16)6-21-8-4-2-7(13)3-5-8/h2-5,9H,6H2,1H3,(H,17,19). The van der Waals surface area contributed by atoms with Crippen LogP contribution in [0.5, 0.6) is 5.75 Å². The summed E-state index contributed by atoms with van der Waals surface area (Å²) in [4.78, 5) is 22.2. The maximum Gasteiger partial charge on any atom is 0.471 e. The number of rotatable bonds is 5. The van der Waals surface area contributed by atoms with E-state index < -0.39 is 30.7 Å². The summed E-state index contributed by atoms with van der Waals surface area (Å²) >= 11 is 3.20. The van der Waals surface area contributed by atoms with Gasteiger partial charge in [-0.25, -0.2) is 4.79 Å². The topological polar surface area (TPSA) is 64.6 Å². The molecule has 0 fully saturated rings. The fraction of sp³-hybridized carbons (Fsp3) is 0.333. The van der Waals surface area contributed by atoms with Crippen LogP contribution in [0.2, 0.25) is 0 Å². The first-order valence-corrected chi connectivity index (χ1v) is 6.37. The number of carbonyl (C=O) groups is 2. The average molecular weight is 370 g/mol. The predicted octanol–water partition coefficient (Wildman–Crippen LogP) is 2.05. The molecule has 0 heterocycles. The molecule has 1 unspecified atom stereocenters. The lowest BCUT2D eigenvalue weighted by Gasteiger charge is -2.18. The first-order chi connectivity index (χ1) is 9.74. The molecular weight excluding hydrogens is 359 g/mol. The van der Waals surface area contributed by atoms with Crippen molar-refractivity contribution in [3.63, 3.8) is 0 Å². The van der Waals surface area contributed by atoms with Gasteiger partial charge < -0.3 is 14.8 Å². The number of hydrogen-bond donors (Lipinski definition) is 1. The maximum atomic E-state index is 12.2. The van der Waals surface area contributed by atoms with E-state index in [1.807, 2.05) is 0 Å². The number of halogens is 4. The lowest BCUT2D eigenvalue weighted by Crippen LogP contribution is -2.50. The van der Waals surface area contributed by atoms with Crippen LogP contribution >= 0.6 is 15.9 Å². The van der Waals surface area contributed by atoms with Crippen molar-refractivity contribution in [1.82, 2.24) is 5.32 Å². The fourth-order valence-electron chi connectivity index (χ4n) is 1.26. The Labute approximate surface area is 126 Å². The van der Waals surface area contributed by atoms with E-state index in [2.05, 4.69) is 20.7 Å². The minimum Gasteiger partial charge on any atom is -0.491 e. The maximum absolute atomic E-state index is 12.2. The van der Waals surface area contributed by atoms with Crippen LogP contribution < -0.4 is 10.1 Å². The van der Waals surface area contributed by atoms with Crippen LogP contribution in [-0.2, 0) is 14.3 Å². The van der Waals surface area contributed by atoms with Crippen LogP contribution in [0, 0.1) is 0 Å². The molecule has 0 bridgehead atoms. The molecule has 21 heavy (non-hydrogen) atoms. The molecule has 0 radical (unpaired) electrons. The molecule has 0 spiro atoms. The second-order valence-electron chi connectivity index (χ2n) is 3.81. The highest BCUT2D eigenvalue weighted by Gasteiger charge is 2.41. The number of amides is 1. The molecule has 1 atom stereocenters. The lowest BCUT2D eigenvalue weighted by atomic mass is 10.3. The number of nitrogens with one attached hydrogen (secondary N) is 1. The van der Waals surface area contributed by atoms with E-state index in [-0.39, 0.29) is 0 Å².